The van der Waals surface area contributed by atoms with Crippen molar-refractivity contribution in [3.63, 3.8) is 0 Å². The molecule has 0 bridgehead atoms. The van der Waals surface area contributed by atoms with Gasteiger partial charge in [0.15, 0.2) is 11.5 Å². The summed E-state index contributed by atoms with van der Waals surface area (Å²) in [5.74, 6) is 0.837. The summed E-state index contributed by atoms with van der Waals surface area (Å²) in [4.78, 5) is 21.9. The summed E-state index contributed by atoms with van der Waals surface area (Å²) >= 11 is 0. The fourth-order valence-electron chi connectivity index (χ4n) is 2.32. The number of carboxylic acid groups (broad SMARTS) is 1. The molecular weight excluding hydrogens is 334 g/mol. The van der Waals surface area contributed by atoms with Gasteiger partial charge >= 0.3 is 5.97 Å². The van der Waals surface area contributed by atoms with Crippen molar-refractivity contribution in [1.82, 2.24) is 5.32 Å². The van der Waals surface area contributed by atoms with Crippen LogP contribution in [0.5, 0.6) is 17.2 Å². The highest BCUT2D eigenvalue weighted by atomic mass is 16.5. The molecule has 2 aromatic carbocycles. The van der Waals surface area contributed by atoms with E-state index in [0.717, 1.165) is 5.56 Å². The molecule has 6 nitrogen and oxygen atoms in total. The maximum absolute atomic E-state index is 11.5. The van der Waals surface area contributed by atoms with Gasteiger partial charge in [-0.3, -0.25) is 9.59 Å². The molecule has 26 heavy (non-hydrogen) atoms. The van der Waals surface area contributed by atoms with E-state index in [1.54, 1.807) is 0 Å². The van der Waals surface area contributed by atoms with Gasteiger partial charge in [0.25, 0.3) is 0 Å². The van der Waals surface area contributed by atoms with Gasteiger partial charge in [-0.05, 0) is 43.2 Å². The number of hydrogen-bond acceptors (Lipinski definition) is 4. The first-order valence-corrected chi connectivity index (χ1v) is 8.55. The summed E-state index contributed by atoms with van der Waals surface area (Å²) in [5, 5.41) is 11.3. The van der Waals surface area contributed by atoms with Crippen LogP contribution in [0.3, 0.4) is 0 Å². The lowest BCUT2D eigenvalue weighted by atomic mass is 10.1. The maximum atomic E-state index is 11.5. The SMILES string of the molecule is CCOc1ccccc1Oc1ccc(CCNC(=O)CCC(=O)O)cc1. The summed E-state index contributed by atoms with van der Waals surface area (Å²) in [6.07, 6.45) is 0.511. The molecule has 0 unspecified atom stereocenters. The Morgan fingerprint density at radius 1 is 1.00 bits per heavy atom. The van der Waals surface area contributed by atoms with Gasteiger partial charge in [-0.2, -0.15) is 0 Å². The molecule has 1 amide bonds. The lowest BCUT2D eigenvalue weighted by Gasteiger charge is -2.11. The highest BCUT2D eigenvalue weighted by molar-refractivity contribution is 5.80. The van der Waals surface area contributed by atoms with Crippen LogP contribution in [0.15, 0.2) is 48.5 Å². The predicted molar refractivity (Wildman–Crippen MR) is 97.7 cm³/mol. The number of carboxylic acids is 1. The van der Waals surface area contributed by atoms with Crippen LogP contribution in [-0.2, 0) is 16.0 Å². The molecule has 2 aromatic rings. The first-order valence-electron chi connectivity index (χ1n) is 8.55. The Morgan fingerprint density at radius 3 is 2.35 bits per heavy atom. The minimum absolute atomic E-state index is 0.00134. The fraction of sp³-hybridized carbons (Fsp3) is 0.300. The van der Waals surface area contributed by atoms with Gasteiger partial charge in [0, 0.05) is 13.0 Å². The van der Waals surface area contributed by atoms with Crippen molar-refractivity contribution in [2.24, 2.45) is 0 Å². The first-order chi connectivity index (χ1) is 12.6. The minimum Gasteiger partial charge on any atom is -0.490 e. The molecule has 0 aliphatic heterocycles. The number of hydrogen-bond donors (Lipinski definition) is 2. The van der Waals surface area contributed by atoms with E-state index < -0.39 is 5.97 Å². The van der Waals surface area contributed by atoms with Gasteiger partial charge in [-0.25, -0.2) is 0 Å². The summed E-state index contributed by atoms with van der Waals surface area (Å²) in [7, 11) is 0. The van der Waals surface area contributed by atoms with Crippen LogP contribution in [-0.4, -0.2) is 30.1 Å². The number of ether oxygens (including phenoxy) is 2. The fourth-order valence-corrected chi connectivity index (χ4v) is 2.32. The summed E-state index contributed by atoms with van der Waals surface area (Å²) in [6, 6.07) is 15.1. The third kappa shape index (κ3) is 6.47. The normalized spacial score (nSPS) is 10.2. The summed E-state index contributed by atoms with van der Waals surface area (Å²) in [5.41, 5.74) is 1.05. The van der Waals surface area contributed by atoms with Gasteiger partial charge in [0.1, 0.15) is 5.75 Å². The topological polar surface area (TPSA) is 84.9 Å². The van der Waals surface area contributed by atoms with E-state index in [2.05, 4.69) is 5.32 Å². The lowest BCUT2D eigenvalue weighted by Crippen LogP contribution is -2.25. The van der Waals surface area contributed by atoms with E-state index in [9.17, 15) is 9.59 Å². The molecule has 0 fully saturated rings. The summed E-state index contributed by atoms with van der Waals surface area (Å²) in [6.45, 7) is 2.95. The lowest BCUT2D eigenvalue weighted by molar-refractivity contribution is -0.138. The van der Waals surface area contributed by atoms with Crippen LogP contribution in [0.4, 0.5) is 0 Å². The Balaban J connectivity index is 1.83. The Labute approximate surface area is 152 Å². The van der Waals surface area contributed by atoms with Crippen molar-refractivity contribution in [3.8, 4) is 17.2 Å². The second-order valence-corrected chi connectivity index (χ2v) is 5.62. The molecular formula is C20H23NO5. The molecule has 2 rings (SSSR count). The number of nitrogens with one attached hydrogen (secondary N) is 1. The standard InChI is InChI=1S/C20H23NO5/c1-2-25-17-5-3-4-6-18(17)26-16-9-7-15(8-10-16)13-14-21-19(22)11-12-20(23)24/h3-10H,2,11-14H2,1H3,(H,21,22)(H,23,24). The molecule has 138 valence electrons. The number of para-hydroxylation sites is 2. The number of carbonyl (C=O) groups excluding carboxylic acids is 1. The highest BCUT2D eigenvalue weighted by Crippen LogP contribution is 2.31. The van der Waals surface area contributed by atoms with Crippen molar-refractivity contribution < 1.29 is 24.2 Å². The van der Waals surface area contributed by atoms with E-state index in [1.807, 2.05) is 55.5 Å². The Morgan fingerprint density at radius 2 is 1.69 bits per heavy atom. The quantitative estimate of drug-likeness (QED) is 0.681. The largest absolute Gasteiger partial charge is 0.490 e. The second kappa shape index (κ2) is 10.1. The van der Waals surface area contributed by atoms with Crippen molar-refractivity contribution in [1.29, 1.82) is 0 Å². The predicted octanol–water partition coefficient (Wildman–Crippen LogP) is 3.40. The number of benzene rings is 2. The minimum atomic E-state index is -0.971. The molecule has 0 saturated heterocycles. The number of carbonyl (C=O) groups is 2. The van der Waals surface area contributed by atoms with Crippen LogP contribution in [0, 0.1) is 0 Å². The molecule has 0 saturated carbocycles. The maximum Gasteiger partial charge on any atom is 0.303 e. The van der Waals surface area contributed by atoms with E-state index in [1.165, 1.54) is 0 Å². The third-order valence-corrected chi connectivity index (χ3v) is 3.60. The molecule has 0 radical (unpaired) electrons. The van der Waals surface area contributed by atoms with Crippen molar-refractivity contribution in [2.75, 3.05) is 13.2 Å². The van der Waals surface area contributed by atoms with Crippen LogP contribution < -0.4 is 14.8 Å². The van der Waals surface area contributed by atoms with E-state index in [0.29, 0.717) is 36.8 Å². The zero-order valence-electron chi connectivity index (χ0n) is 14.7. The van der Waals surface area contributed by atoms with E-state index in [-0.39, 0.29) is 18.7 Å². The molecule has 0 aliphatic rings. The van der Waals surface area contributed by atoms with Crippen LogP contribution >= 0.6 is 0 Å². The molecule has 2 N–H and O–H groups in total. The van der Waals surface area contributed by atoms with Crippen LogP contribution in [0.25, 0.3) is 0 Å². The van der Waals surface area contributed by atoms with E-state index >= 15 is 0 Å². The molecule has 0 atom stereocenters. The molecule has 0 aromatic heterocycles. The van der Waals surface area contributed by atoms with Gasteiger partial charge in [0.2, 0.25) is 5.91 Å². The van der Waals surface area contributed by atoms with E-state index in [4.69, 9.17) is 14.6 Å². The molecule has 0 heterocycles. The van der Waals surface area contributed by atoms with Crippen LogP contribution in [0.2, 0.25) is 0 Å². The number of amides is 1. The van der Waals surface area contributed by atoms with Crippen LogP contribution in [0.1, 0.15) is 25.3 Å². The van der Waals surface area contributed by atoms with Gasteiger partial charge in [-0.15, -0.1) is 0 Å². The second-order valence-electron chi connectivity index (χ2n) is 5.62. The van der Waals surface area contributed by atoms with Gasteiger partial charge in [0.05, 0.1) is 13.0 Å². The van der Waals surface area contributed by atoms with Crippen molar-refractivity contribution in [3.05, 3.63) is 54.1 Å². The Hall–Kier alpha value is -3.02. The zero-order chi connectivity index (χ0) is 18.8. The molecule has 0 spiro atoms. The Kier molecular flexibility index (Phi) is 7.49. The average Bonchev–Trinajstić information content (AvgIpc) is 2.63. The average molecular weight is 357 g/mol. The van der Waals surface area contributed by atoms with Gasteiger partial charge < -0.3 is 19.9 Å². The summed E-state index contributed by atoms with van der Waals surface area (Å²) < 4.78 is 11.4. The smallest absolute Gasteiger partial charge is 0.303 e. The number of rotatable bonds is 10. The molecule has 6 heteroatoms. The van der Waals surface area contributed by atoms with Gasteiger partial charge in [-0.1, -0.05) is 24.3 Å². The highest BCUT2D eigenvalue weighted by Gasteiger charge is 2.06. The van der Waals surface area contributed by atoms with Crippen molar-refractivity contribution >= 4 is 11.9 Å². The first kappa shape index (κ1) is 19.3. The zero-order valence-corrected chi connectivity index (χ0v) is 14.7. The Bertz CT molecular complexity index is 727. The number of aliphatic carboxylic acids is 1. The monoisotopic (exact) mass is 357 g/mol. The van der Waals surface area contributed by atoms with Crippen molar-refractivity contribution in [2.45, 2.75) is 26.2 Å². The molecule has 0 aliphatic carbocycles. The third-order valence-electron chi connectivity index (χ3n) is 3.60.